The molecule has 0 spiro atoms. The van der Waals surface area contributed by atoms with Crippen molar-refractivity contribution in [2.75, 3.05) is 25.1 Å². The molecule has 0 amide bonds. The quantitative estimate of drug-likeness (QED) is 0.885. The standard InChI is InChI=1S/C14H21N3O2/c1-10-6-17(8-14(10,18)11-3-4-11)13-5-12(7-19-2)15-9-16-13/h5,9-11,18H,3-4,6-8H2,1-2H3/t10-,14+/m1/s1. The van der Waals surface area contributed by atoms with Crippen LogP contribution in [0.4, 0.5) is 5.82 Å². The van der Waals surface area contributed by atoms with Gasteiger partial charge < -0.3 is 14.7 Å². The lowest BCUT2D eigenvalue weighted by atomic mass is 9.88. The molecule has 0 radical (unpaired) electrons. The van der Waals surface area contributed by atoms with Gasteiger partial charge in [0.05, 0.1) is 17.9 Å². The van der Waals surface area contributed by atoms with E-state index in [4.69, 9.17) is 4.74 Å². The van der Waals surface area contributed by atoms with Crippen LogP contribution in [-0.4, -0.2) is 40.9 Å². The summed E-state index contributed by atoms with van der Waals surface area (Å²) < 4.78 is 5.10. The highest BCUT2D eigenvalue weighted by Gasteiger charge is 2.52. The van der Waals surface area contributed by atoms with E-state index in [1.807, 2.05) is 6.07 Å². The van der Waals surface area contributed by atoms with Crippen LogP contribution in [-0.2, 0) is 11.3 Å². The number of nitrogens with zero attached hydrogens (tertiary/aromatic N) is 3. The first-order valence-corrected chi connectivity index (χ1v) is 6.90. The number of β-amino-alcohol motifs (C(OH)–C–C–N with tert-alkyl or cyclic N) is 1. The third-order valence-corrected chi connectivity index (χ3v) is 4.40. The summed E-state index contributed by atoms with van der Waals surface area (Å²) in [6.07, 6.45) is 3.89. The summed E-state index contributed by atoms with van der Waals surface area (Å²) in [5.74, 6) is 1.67. The zero-order valence-electron chi connectivity index (χ0n) is 11.5. The molecule has 19 heavy (non-hydrogen) atoms. The van der Waals surface area contributed by atoms with Crippen molar-refractivity contribution in [3.05, 3.63) is 18.1 Å². The smallest absolute Gasteiger partial charge is 0.132 e. The van der Waals surface area contributed by atoms with Crippen LogP contribution in [0.15, 0.2) is 12.4 Å². The molecule has 3 rings (SSSR count). The van der Waals surface area contributed by atoms with Crippen LogP contribution in [0.25, 0.3) is 0 Å². The Morgan fingerprint density at radius 3 is 2.95 bits per heavy atom. The zero-order valence-corrected chi connectivity index (χ0v) is 11.5. The predicted octanol–water partition coefficient (Wildman–Crippen LogP) is 1.22. The number of aliphatic hydroxyl groups is 1. The Kier molecular flexibility index (Phi) is 3.19. The van der Waals surface area contributed by atoms with Crippen molar-refractivity contribution in [3.8, 4) is 0 Å². The van der Waals surface area contributed by atoms with E-state index in [0.29, 0.717) is 25.0 Å². The van der Waals surface area contributed by atoms with E-state index in [9.17, 15) is 5.11 Å². The van der Waals surface area contributed by atoms with Gasteiger partial charge in [-0.05, 0) is 18.8 Å². The van der Waals surface area contributed by atoms with Crippen LogP contribution in [0.5, 0.6) is 0 Å². The second-order valence-corrected chi connectivity index (χ2v) is 5.85. The number of hydrogen-bond donors (Lipinski definition) is 1. The first-order chi connectivity index (χ1) is 9.13. The van der Waals surface area contributed by atoms with Crippen LogP contribution < -0.4 is 4.90 Å². The summed E-state index contributed by atoms with van der Waals surface area (Å²) in [5, 5.41) is 10.8. The third kappa shape index (κ3) is 2.32. The van der Waals surface area contributed by atoms with Gasteiger partial charge in [0.1, 0.15) is 12.1 Å². The molecule has 2 fully saturated rings. The van der Waals surface area contributed by atoms with Gasteiger partial charge in [-0.3, -0.25) is 0 Å². The molecule has 1 aromatic heterocycles. The highest BCUT2D eigenvalue weighted by Crippen LogP contribution is 2.47. The van der Waals surface area contributed by atoms with Gasteiger partial charge in [-0.25, -0.2) is 9.97 Å². The highest BCUT2D eigenvalue weighted by atomic mass is 16.5. The van der Waals surface area contributed by atoms with Crippen molar-refractivity contribution >= 4 is 5.82 Å². The average molecular weight is 263 g/mol. The van der Waals surface area contributed by atoms with Crippen molar-refractivity contribution in [1.29, 1.82) is 0 Å². The lowest BCUT2D eigenvalue weighted by Gasteiger charge is -2.26. The molecule has 2 heterocycles. The summed E-state index contributed by atoms with van der Waals surface area (Å²) >= 11 is 0. The van der Waals surface area contributed by atoms with Gasteiger partial charge in [0.25, 0.3) is 0 Å². The van der Waals surface area contributed by atoms with Gasteiger partial charge in [-0.2, -0.15) is 0 Å². The number of ether oxygens (including phenoxy) is 1. The predicted molar refractivity (Wildman–Crippen MR) is 71.8 cm³/mol. The summed E-state index contributed by atoms with van der Waals surface area (Å²) in [6.45, 7) is 4.17. The van der Waals surface area contributed by atoms with Crippen molar-refractivity contribution in [2.24, 2.45) is 11.8 Å². The first-order valence-electron chi connectivity index (χ1n) is 6.90. The Labute approximate surface area is 113 Å². The summed E-state index contributed by atoms with van der Waals surface area (Å²) in [5.41, 5.74) is 0.342. The average Bonchev–Trinajstić information content (AvgIpc) is 3.19. The Hall–Kier alpha value is -1.20. The molecule has 1 saturated carbocycles. The lowest BCUT2D eigenvalue weighted by molar-refractivity contribution is 0.00281. The molecule has 5 heteroatoms. The number of rotatable bonds is 4. The number of methoxy groups -OCH3 is 1. The van der Waals surface area contributed by atoms with Crippen molar-refractivity contribution in [3.63, 3.8) is 0 Å². The maximum absolute atomic E-state index is 10.8. The fraction of sp³-hybridized carbons (Fsp3) is 0.714. The van der Waals surface area contributed by atoms with E-state index in [1.54, 1.807) is 13.4 Å². The number of hydrogen-bond acceptors (Lipinski definition) is 5. The minimum atomic E-state index is -0.535. The van der Waals surface area contributed by atoms with E-state index in [0.717, 1.165) is 30.9 Å². The molecule has 1 aromatic rings. The second-order valence-electron chi connectivity index (χ2n) is 5.85. The summed E-state index contributed by atoms with van der Waals surface area (Å²) in [4.78, 5) is 10.7. The molecule has 0 bridgehead atoms. The SMILES string of the molecule is COCc1cc(N2C[C@@H](C)[C@](O)(C3CC3)C2)ncn1. The third-order valence-electron chi connectivity index (χ3n) is 4.40. The minimum absolute atomic E-state index is 0.292. The Balaban J connectivity index is 1.78. The van der Waals surface area contributed by atoms with Crippen molar-refractivity contribution < 1.29 is 9.84 Å². The molecule has 1 aliphatic heterocycles. The van der Waals surface area contributed by atoms with Crippen LogP contribution in [0.1, 0.15) is 25.5 Å². The molecule has 104 valence electrons. The fourth-order valence-corrected chi connectivity index (χ4v) is 3.09. The van der Waals surface area contributed by atoms with E-state index in [-0.39, 0.29) is 0 Å². The summed E-state index contributed by atoms with van der Waals surface area (Å²) in [7, 11) is 1.66. The lowest BCUT2D eigenvalue weighted by Crippen LogP contribution is -2.39. The normalized spacial score (nSPS) is 30.9. The fourth-order valence-electron chi connectivity index (χ4n) is 3.09. The largest absolute Gasteiger partial charge is 0.387 e. The molecule has 1 saturated heterocycles. The van der Waals surface area contributed by atoms with Crippen LogP contribution in [0.3, 0.4) is 0 Å². The molecule has 1 aliphatic carbocycles. The number of aromatic nitrogens is 2. The molecule has 2 atom stereocenters. The molecular formula is C14H21N3O2. The van der Waals surface area contributed by atoms with Crippen molar-refractivity contribution in [2.45, 2.75) is 32.0 Å². The minimum Gasteiger partial charge on any atom is -0.387 e. The molecule has 5 nitrogen and oxygen atoms in total. The molecule has 0 aromatic carbocycles. The van der Waals surface area contributed by atoms with Crippen LogP contribution in [0.2, 0.25) is 0 Å². The number of anilines is 1. The highest BCUT2D eigenvalue weighted by molar-refractivity contribution is 5.42. The van der Waals surface area contributed by atoms with Crippen molar-refractivity contribution in [1.82, 2.24) is 9.97 Å². The molecule has 0 unspecified atom stereocenters. The van der Waals surface area contributed by atoms with Gasteiger partial charge in [-0.15, -0.1) is 0 Å². The maximum Gasteiger partial charge on any atom is 0.132 e. The topological polar surface area (TPSA) is 58.5 Å². The molecular weight excluding hydrogens is 242 g/mol. The molecule has 2 aliphatic rings. The maximum atomic E-state index is 10.8. The second kappa shape index (κ2) is 4.72. The van der Waals surface area contributed by atoms with Crippen LogP contribution in [0, 0.1) is 11.8 Å². The van der Waals surface area contributed by atoms with Gasteiger partial charge in [0.2, 0.25) is 0 Å². The summed E-state index contributed by atoms with van der Waals surface area (Å²) in [6, 6.07) is 1.95. The van der Waals surface area contributed by atoms with E-state index in [2.05, 4.69) is 21.8 Å². The Bertz CT molecular complexity index is 464. The van der Waals surface area contributed by atoms with Gasteiger partial charge in [0.15, 0.2) is 0 Å². The first kappa shape index (κ1) is 12.8. The van der Waals surface area contributed by atoms with Gasteiger partial charge >= 0.3 is 0 Å². The van der Waals surface area contributed by atoms with Gasteiger partial charge in [0, 0.05) is 32.2 Å². The van der Waals surface area contributed by atoms with E-state index in [1.165, 1.54) is 0 Å². The van der Waals surface area contributed by atoms with Crippen LogP contribution >= 0.6 is 0 Å². The Morgan fingerprint density at radius 2 is 2.26 bits per heavy atom. The molecule has 1 N–H and O–H groups in total. The Morgan fingerprint density at radius 1 is 1.47 bits per heavy atom. The zero-order chi connectivity index (χ0) is 13.5. The monoisotopic (exact) mass is 263 g/mol. The van der Waals surface area contributed by atoms with E-state index >= 15 is 0 Å². The van der Waals surface area contributed by atoms with E-state index < -0.39 is 5.60 Å². The van der Waals surface area contributed by atoms with Gasteiger partial charge in [-0.1, -0.05) is 6.92 Å².